The third-order valence-electron chi connectivity index (χ3n) is 2.48. The predicted molar refractivity (Wildman–Crippen MR) is 69.6 cm³/mol. The fourth-order valence-electron chi connectivity index (χ4n) is 1.55. The maximum Gasteiger partial charge on any atom is 0.311 e. The zero-order valence-electron chi connectivity index (χ0n) is 11.6. The zero-order valence-corrected chi connectivity index (χ0v) is 11.6. The summed E-state index contributed by atoms with van der Waals surface area (Å²) in [5.41, 5.74) is 0. The van der Waals surface area contributed by atoms with Gasteiger partial charge in [0.05, 0.1) is 0 Å². The Hall–Kier alpha value is -1.06. The van der Waals surface area contributed by atoms with E-state index in [4.69, 9.17) is 0 Å². The molecule has 0 aliphatic rings. The standard InChI is InChI=1S/C13H26N2O2/c1-5-9-15(10-6-2)13(17)12(16)14-8-7-11(3)4/h11H,5-10H2,1-4H3,(H,14,16). The highest BCUT2D eigenvalue weighted by molar-refractivity contribution is 6.34. The number of nitrogens with zero attached hydrogens (tertiary/aromatic N) is 1. The van der Waals surface area contributed by atoms with Gasteiger partial charge in [-0.25, -0.2) is 0 Å². The van der Waals surface area contributed by atoms with Gasteiger partial charge in [0.15, 0.2) is 0 Å². The molecule has 0 heterocycles. The smallest absolute Gasteiger partial charge is 0.311 e. The van der Waals surface area contributed by atoms with Gasteiger partial charge in [-0.2, -0.15) is 0 Å². The van der Waals surface area contributed by atoms with E-state index < -0.39 is 11.8 Å². The molecule has 0 bridgehead atoms. The minimum absolute atomic E-state index is 0.391. The van der Waals surface area contributed by atoms with Gasteiger partial charge in [0.25, 0.3) is 0 Å². The highest BCUT2D eigenvalue weighted by atomic mass is 16.2. The van der Waals surface area contributed by atoms with Gasteiger partial charge in [-0.1, -0.05) is 27.7 Å². The van der Waals surface area contributed by atoms with Crippen LogP contribution in [-0.4, -0.2) is 36.3 Å². The first-order valence-electron chi connectivity index (χ1n) is 6.60. The quantitative estimate of drug-likeness (QED) is 0.692. The largest absolute Gasteiger partial charge is 0.348 e. The van der Waals surface area contributed by atoms with Crippen LogP contribution in [0.25, 0.3) is 0 Å². The zero-order chi connectivity index (χ0) is 13.3. The molecule has 0 unspecified atom stereocenters. The molecule has 0 saturated carbocycles. The number of carbonyl (C=O) groups is 2. The number of amides is 2. The summed E-state index contributed by atoms with van der Waals surface area (Å²) >= 11 is 0. The number of hydrogen-bond acceptors (Lipinski definition) is 2. The summed E-state index contributed by atoms with van der Waals surface area (Å²) in [5, 5.41) is 2.68. The lowest BCUT2D eigenvalue weighted by Crippen LogP contribution is -2.44. The summed E-state index contributed by atoms with van der Waals surface area (Å²) in [7, 11) is 0. The van der Waals surface area contributed by atoms with Crippen LogP contribution in [-0.2, 0) is 9.59 Å². The van der Waals surface area contributed by atoms with Gasteiger partial charge in [-0.3, -0.25) is 9.59 Å². The number of hydrogen-bond donors (Lipinski definition) is 1. The first-order chi connectivity index (χ1) is 8.02. The van der Waals surface area contributed by atoms with Gasteiger partial charge in [-0.15, -0.1) is 0 Å². The summed E-state index contributed by atoms with van der Waals surface area (Å²) in [4.78, 5) is 25.1. The van der Waals surface area contributed by atoms with E-state index in [-0.39, 0.29) is 0 Å². The molecule has 17 heavy (non-hydrogen) atoms. The van der Waals surface area contributed by atoms with E-state index in [1.807, 2.05) is 13.8 Å². The third-order valence-corrected chi connectivity index (χ3v) is 2.48. The lowest BCUT2D eigenvalue weighted by atomic mass is 10.1. The molecule has 0 rings (SSSR count). The first-order valence-corrected chi connectivity index (χ1v) is 6.60. The fourth-order valence-corrected chi connectivity index (χ4v) is 1.55. The Kier molecular flexibility index (Phi) is 8.46. The van der Waals surface area contributed by atoms with E-state index >= 15 is 0 Å². The molecule has 0 aliphatic heterocycles. The second-order valence-electron chi connectivity index (χ2n) is 4.73. The highest BCUT2D eigenvalue weighted by Crippen LogP contribution is 1.98. The van der Waals surface area contributed by atoms with Gasteiger partial charge in [0.1, 0.15) is 0 Å². The summed E-state index contributed by atoms with van der Waals surface area (Å²) < 4.78 is 0. The summed E-state index contributed by atoms with van der Waals surface area (Å²) in [5.74, 6) is -0.321. The van der Waals surface area contributed by atoms with Crippen molar-refractivity contribution in [3.63, 3.8) is 0 Å². The average Bonchev–Trinajstić information content (AvgIpc) is 2.27. The Bertz CT molecular complexity index is 234. The Morgan fingerprint density at radius 3 is 2.06 bits per heavy atom. The van der Waals surface area contributed by atoms with Crippen molar-refractivity contribution in [2.75, 3.05) is 19.6 Å². The molecule has 0 aliphatic carbocycles. The van der Waals surface area contributed by atoms with Crippen LogP contribution in [0.2, 0.25) is 0 Å². The lowest BCUT2D eigenvalue weighted by Gasteiger charge is -2.20. The van der Waals surface area contributed by atoms with Gasteiger partial charge >= 0.3 is 11.8 Å². The first kappa shape index (κ1) is 15.9. The average molecular weight is 242 g/mol. The summed E-state index contributed by atoms with van der Waals surface area (Å²) in [6.07, 6.45) is 2.66. The summed E-state index contributed by atoms with van der Waals surface area (Å²) in [6.45, 7) is 10.1. The maximum absolute atomic E-state index is 11.8. The number of nitrogens with one attached hydrogen (secondary N) is 1. The Labute approximate surface area is 105 Å². The second-order valence-corrected chi connectivity index (χ2v) is 4.73. The van der Waals surface area contributed by atoms with Crippen molar-refractivity contribution in [2.45, 2.75) is 47.0 Å². The molecule has 2 amide bonds. The van der Waals surface area contributed by atoms with E-state index in [1.54, 1.807) is 4.90 Å². The van der Waals surface area contributed by atoms with Gasteiger partial charge in [-0.05, 0) is 25.2 Å². The van der Waals surface area contributed by atoms with Crippen LogP contribution in [0.5, 0.6) is 0 Å². The van der Waals surface area contributed by atoms with Gasteiger partial charge in [0, 0.05) is 19.6 Å². The van der Waals surface area contributed by atoms with Crippen molar-refractivity contribution in [1.29, 1.82) is 0 Å². The van der Waals surface area contributed by atoms with Crippen LogP contribution >= 0.6 is 0 Å². The molecule has 0 radical (unpaired) electrons. The van der Waals surface area contributed by atoms with Crippen LogP contribution < -0.4 is 5.32 Å². The molecule has 0 atom stereocenters. The second kappa shape index (κ2) is 9.02. The SMILES string of the molecule is CCCN(CCC)C(=O)C(=O)NCCC(C)C. The van der Waals surface area contributed by atoms with Crippen molar-refractivity contribution in [3.05, 3.63) is 0 Å². The van der Waals surface area contributed by atoms with Crippen molar-refractivity contribution in [1.82, 2.24) is 10.2 Å². The van der Waals surface area contributed by atoms with Crippen LogP contribution in [0.4, 0.5) is 0 Å². The Balaban J connectivity index is 4.11. The molecular formula is C13H26N2O2. The normalized spacial score (nSPS) is 10.4. The van der Waals surface area contributed by atoms with Crippen LogP contribution in [0.1, 0.15) is 47.0 Å². The van der Waals surface area contributed by atoms with Crippen LogP contribution in [0.15, 0.2) is 0 Å². The molecule has 0 aromatic rings. The third kappa shape index (κ3) is 6.97. The Morgan fingerprint density at radius 1 is 1.12 bits per heavy atom. The topological polar surface area (TPSA) is 49.4 Å². The molecule has 0 saturated heterocycles. The minimum atomic E-state index is -0.465. The number of rotatable bonds is 7. The van der Waals surface area contributed by atoms with Crippen molar-refractivity contribution >= 4 is 11.8 Å². The van der Waals surface area contributed by atoms with E-state index in [0.717, 1.165) is 19.3 Å². The molecule has 4 heteroatoms. The molecule has 0 aromatic carbocycles. The number of carbonyl (C=O) groups excluding carboxylic acids is 2. The molecular weight excluding hydrogens is 216 g/mol. The molecule has 0 aromatic heterocycles. The minimum Gasteiger partial charge on any atom is -0.348 e. The van der Waals surface area contributed by atoms with Crippen molar-refractivity contribution < 1.29 is 9.59 Å². The van der Waals surface area contributed by atoms with Crippen LogP contribution in [0.3, 0.4) is 0 Å². The van der Waals surface area contributed by atoms with Crippen molar-refractivity contribution in [3.8, 4) is 0 Å². The molecule has 4 nitrogen and oxygen atoms in total. The van der Waals surface area contributed by atoms with E-state index in [9.17, 15) is 9.59 Å². The summed E-state index contributed by atoms with van der Waals surface area (Å²) in [6, 6.07) is 0. The predicted octanol–water partition coefficient (Wildman–Crippen LogP) is 1.80. The fraction of sp³-hybridized carbons (Fsp3) is 0.846. The highest BCUT2D eigenvalue weighted by Gasteiger charge is 2.19. The van der Waals surface area contributed by atoms with Crippen molar-refractivity contribution in [2.24, 2.45) is 5.92 Å². The van der Waals surface area contributed by atoms with E-state index in [0.29, 0.717) is 25.6 Å². The molecule has 1 N–H and O–H groups in total. The van der Waals surface area contributed by atoms with Gasteiger partial charge in [0.2, 0.25) is 0 Å². The molecule has 0 fully saturated rings. The Morgan fingerprint density at radius 2 is 1.65 bits per heavy atom. The van der Waals surface area contributed by atoms with E-state index in [1.165, 1.54) is 0 Å². The molecule has 0 spiro atoms. The van der Waals surface area contributed by atoms with E-state index in [2.05, 4.69) is 19.2 Å². The molecule has 100 valence electrons. The van der Waals surface area contributed by atoms with Crippen LogP contribution in [0, 0.1) is 5.92 Å². The lowest BCUT2D eigenvalue weighted by molar-refractivity contribution is -0.145. The maximum atomic E-state index is 11.8. The monoisotopic (exact) mass is 242 g/mol. The van der Waals surface area contributed by atoms with Gasteiger partial charge < -0.3 is 10.2 Å².